The van der Waals surface area contributed by atoms with Gasteiger partial charge >= 0.3 is 0 Å². The molecule has 0 spiro atoms. The minimum Gasteiger partial charge on any atom is -0.487 e. The minimum atomic E-state index is -0.109. The molecule has 0 radical (unpaired) electrons. The Morgan fingerprint density at radius 3 is 2.86 bits per heavy atom. The van der Waals surface area contributed by atoms with Crippen LogP contribution in [-0.2, 0) is 13.0 Å². The van der Waals surface area contributed by atoms with Crippen molar-refractivity contribution in [3.63, 3.8) is 0 Å². The molecule has 0 aliphatic carbocycles. The van der Waals surface area contributed by atoms with E-state index >= 15 is 0 Å². The third-order valence-corrected chi connectivity index (χ3v) is 4.79. The predicted octanol–water partition coefficient (Wildman–Crippen LogP) is 5.43. The van der Waals surface area contributed by atoms with Crippen molar-refractivity contribution in [1.82, 2.24) is 0 Å². The highest BCUT2D eigenvalue weighted by atomic mass is 79.9. The van der Waals surface area contributed by atoms with E-state index < -0.39 is 0 Å². The van der Waals surface area contributed by atoms with Crippen molar-refractivity contribution in [2.45, 2.75) is 32.4 Å². The molecule has 2 aromatic rings. The maximum atomic E-state index is 6.09. The summed E-state index contributed by atoms with van der Waals surface area (Å²) < 4.78 is 6.98. The first-order valence-electron chi connectivity index (χ1n) is 6.93. The Kier molecular flexibility index (Phi) is 3.89. The monoisotopic (exact) mass is 365 g/mol. The van der Waals surface area contributed by atoms with Gasteiger partial charge in [0, 0.05) is 28.7 Å². The summed E-state index contributed by atoms with van der Waals surface area (Å²) in [7, 11) is 0. The largest absolute Gasteiger partial charge is 0.487 e. The van der Waals surface area contributed by atoms with Crippen LogP contribution in [0.3, 0.4) is 0 Å². The molecular weight excluding hydrogens is 350 g/mol. The molecule has 2 aromatic carbocycles. The summed E-state index contributed by atoms with van der Waals surface area (Å²) in [4.78, 5) is 0. The molecule has 0 atom stereocenters. The molecule has 1 heterocycles. The van der Waals surface area contributed by atoms with Crippen LogP contribution in [0.4, 0.5) is 5.69 Å². The van der Waals surface area contributed by atoms with E-state index in [1.165, 1.54) is 11.1 Å². The van der Waals surface area contributed by atoms with Crippen molar-refractivity contribution in [2.75, 3.05) is 5.32 Å². The fraction of sp³-hybridized carbons (Fsp3) is 0.294. The van der Waals surface area contributed by atoms with E-state index in [1.54, 1.807) is 0 Å². The van der Waals surface area contributed by atoms with Crippen LogP contribution in [0.1, 0.15) is 25.0 Å². The van der Waals surface area contributed by atoms with E-state index in [0.717, 1.165) is 28.9 Å². The molecule has 0 fully saturated rings. The van der Waals surface area contributed by atoms with Crippen molar-refractivity contribution in [3.8, 4) is 5.75 Å². The molecule has 2 nitrogen and oxygen atoms in total. The van der Waals surface area contributed by atoms with E-state index in [-0.39, 0.29) is 5.60 Å². The van der Waals surface area contributed by atoms with E-state index in [2.05, 4.69) is 53.3 Å². The van der Waals surface area contributed by atoms with Gasteiger partial charge < -0.3 is 10.1 Å². The number of hydrogen-bond donors (Lipinski definition) is 1. The van der Waals surface area contributed by atoms with Gasteiger partial charge in [-0.05, 0) is 53.5 Å². The second-order valence-corrected chi connectivity index (χ2v) is 7.19. The number of ether oxygens (including phenoxy) is 1. The zero-order valence-electron chi connectivity index (χ0n) is 12.0. The minimum absolute atomic E-state index is 0.109. The van der Waals surface area contributed by atoms with Gasteiger partial charge in [0.25, 0.3) is 0 Å². The van der Waals surface area contributed by atoms with Gasteiger partial charge in [0.05, 0.1) is 5.02 Å². The molecule has 0 unspecified atom stereocenters. The Morgan fingerprint density at radius 1 is 1.29 bits per heavy atom. The summed E-state index contributed by atoms with van der Waals surface area (Å²) in [6.07, 6.45) is 0.961. The van der Waals surface area contributed by atoms with Crippen LogP contribution in [-0.4, -0.2) is 5.60 Å². The molecule has 1 aliphatic rings. The third kappa shape index (κ3) is 3.19. The summed E-state index contributed by atoms with van der Waals surface area (Å²) in [5, 5.41) is 4.13. The van der Waals surface area contributed by atoms with E-state index in [4.69, 9.17) is 16.3 Å². The zero-order chi connectivity index (χ0) is 15.0. The smallest absolute Gasteiger partial charge is 0.128 e. The Balaban J connectivity index is 1.78. The van der Waals surface area contributed by atoms with Crippen molar-refractivity contribution in [2.24, 2.45) is 0 Å². The first-order valence-corrected chi connectivity index (χ1v) is 8.10. The number of benzene rings is 2. The van der Waals surface area contributed by atoms with Crippen molar-refractivity contribution in [1.29, 1.82) is 0 Å². The molecule has 1 aliphatic heterocycles. The number of hydrogen-bond acceptors (Lipinski definition) is 2. The van der Waals surface area contributed by atoms with Crippen molar-refractivity contribution >= 4 is 33.2 Å². The summed E-state index contributed by atoms with van der Waals surface area (Å²) in [6.45, 7) is 4.98. The highest BCUT2D eigenvalue weighted by Gasteiger charge is 2.31. The number of rotatable bonds is 3. The van der Waals surface area contributed by atoms with Gasteiger partial charge in [0.1, 0.15) is 11.4 Å². The highest BCUT2D eigenvalue weighted by Crippen LogP contribution is 2.37. The molecule has 0 saturated carbocycles. The lowest BCUT2D eigenvalue weighted by Crippen LogP contribution is -2.25. The molecule has 3 rings (SSSR count). The van der Waals surface area contributed by atoms with Gasteiger partial charge in [-0.25, -0.2) is 0 Å². The highest BCUT2D eigenvalue weighted by molar-refractivity contribution is 9.10. The van der Waals surface area contributed by atoms with Gasteiger partial charge in [-0.1, -0.05) is 29.8 Å². The van der Waals surface area contributed by atoms with Crippen LogP contribution in [0.2, 0.25) is 5.02 Å². The molecule has 0 amide bonds. The van der Waals surface area contributed by atoms with Crippen molar-refractivity contribution in [3.05, 3.63) is 57.0 Å². The fourth-order valence-corrected chi connectivity index (χ4v) is 3.12. The topological polar surface area (TPSA) is 21.3 Å². The summed E-state index contributed by atoms with van der Waals surface area (Å²) in [5.74, 6) is 1.03. The van der Waals surface area contributed by atoms with Crippen LogP contribution in [0.5, 0.6) is 5.75 Å². The summed E-state index contributed by atoms with van der Waals surface area (Å²) >= 11 is 9.45. The average Bonchev–Trinajstić information content (AvgIpc) is 2.74. The Hall–Kier alpha value is -1.19. The standard InChI is InChI=1S/C17H17BrClNO/c1-17(2)9-11-4-3-5-12(16(11)21-17)10-20-13-6-7-15(19)14(18)8-13/h3-8,20H,9-10H2,1-2H3. The van der Waals surface area contributed by atoms with Crippen LogP contribution < -0.4 is 10.1 Å². The number of anilines is 1. The molecule has 110 valence electrons. The SMILES string of the molecule is CC1(C)Cc2cccc(CNc3ccc(Cl)c(Br)c3)c2O1. The van der Waals surface area contributed by atoms with E-state index in [9.17, 15) is 0 Å². The second kappa shape index (κ2) is 5.54. The molecule has 4 heteroatoms. The first kappa shape index (κ1) is 14.7. The molecular formula is C17H17BrClNO. The zero-order valence-corrected chi connectivity index (χ0v) is 14.4. The lowest BCUT2D eigenvalue weighted by molar-refractivity contribution is 0.137. The Morgan fingerprint density at radius 2 is 2.10 bits per heavy atom. The molecule has 0 aromatic heterocycles. The molecule has 0 bridgehead atoms. The Bertz CT molecular complexity index is 684. The summed E-state index contributed by atoms with van der Waals surface area (Å²) in [5.41, 5.74) is 3.39. The number of para-hydroxylation sites is 1. The Labute approximate surface area is 138 Å². The van der Waals surface area contributed by atoms with Crippen molar-refractivity contribution < 1.29 is 4.74 Å². The normalized spacial score (nSPS) is 15.4. The number of halogens is 2. The maximum Gasteiger partial charge on any atom is 0.128 e. The van der Waals surface area contributed by atoms with Gasteiger partial charge in [0.2, 0.25) is 0 Å². The first-order chi connectivity index (χ1) is 9.94. The van der Waals surface area contributed by atoms with Crippen LogP contribution in [0.15, 0.2) is 40.9 Å². The molecule has 0 saturated heterocycles. The van der Waals surface area contributed by atoms with Crippen LogP contribution >= 0.6 is 27.5 Å². The summed E-state index contributed by atoms with van der Waals surface area (Å²) in [6, 6.07) is 12.2. The van der Waals surface area contributed by atoms with E-state index in [1.807, 2.05) is 18.2 Å². The van der Waals surface area contributed by atoms with Gasteiger partial charge in [0.15, 0.2) is 0 Å². The van der Waals surface area contributed by atoms with Gasteiger partial charge in [-0.15, -0.1) is 0 Å². The number of nitrogens with one attached hydrogen (secondary N) is 1. The molecule has 21 heavy (non-hydrogen) atoms. The van der Waals surface area contributed by atoms with Crippen LogP contribution in [0, 0.1) is 0 Å². The van der Waals surface area contributed by atoms with Gasteiger partial charge in [-0.3, -0.25) is 0 Å². The third-order valence-electron chi connectivity index (χ3n) is 3.58. The second-order valence-electron chi connectivity index (χ2n) is 5.93. The predicted molar refractivity (Wildman–Crippen MR) is 91.3 cm³/mol. The lowest BCUT2D eigenvalue weighted by atomic mass is 10.0. The van der Waals surface area contributed by atoms with Gasteiger partial charge in [-0.2, -0.15) is 0 Å². The fourth-order valence-electron chi connectivity index (χ4n) is 2.62. The average molecular weight is 367 g/mol. The quantitative estimate of drug-likeness (QED) is 0.782. The number of fused-ring (bicyclic) bond motifs is 1. The maximum absolute atomic E-state index is 6.09. The lowest BCUT2D eigenvalue weighted by Gasteiger charge is -2.18. The molecule has 1 N–H and O–H groups in total. The van der Waals surface area contributed by atoms with E-state index in [0.29, 0.717) is 5.02 Å². The van der Waals surface area contributed by atoms with Crippen LogP contribution in [0.25, 0.3) is 0 Å².